The SMILES string of the molecule is COc1cc(Cl)c2[nH]c(C(=O)N3CC4(CCCCC4)C[C@H]3C(=O)NC(C#N)C[C@@H]3CC(C)(C)NC3=O)cc2c1. The molecule has 2 saturated heterocycles. The summed E-state index contributed by atoms with van der Waals surface area (Å²) in [6, 6.07) is 5.89. The zero-order chi connectivity index (χ0) is 27.9. The fourth-order valence-corrected chi connectivity index (χ4v) is 7.08. The van der Waals surface area contributed by atoms with Crippen LogP contribution in [0.4, 0.5) is 0 Å². The molecule has 9 nitrogen and oxygen atoms in total. The highest BCUT2D eigenvalue weighted by Crippen LogP contribution is 2.47. The summed E-state index contributed by atoms with van der Waals surface area (Å²) in [5, 5.41) is 16.8. The second-order valence-corrected chi connectivity index (χ2v) is 12.6. The van der Waals surface area contributed by atoms with Crippen molar-refractivity contribution >= 4 is 40.2 Å². The van der Waals surface area contributed by atoms with E-state index in [1.807, 2.05) is 19.9 Å². The van der Waals surface area contributed by atoms with Crippen molar-refractivity contribution in [2.45, 2.75) is 82.8 Å². The summed E-state index contributed by atoms with van der Waals surface area (Å²) in [7, 11) is 1.56. The molecular weight excluding hydrogens is 518 g/mol. The number of H-pyrrole nitrogens is 1. The quantitative estimate of drug-likeness (QED) is 0.491. The molecule has 1 aromatic heterocycles. The van der Waals surface area contributed by atoms with Crippen molar-refractivity contribution in [3.63, 3.8) is 0 Å². The Labute approximate surface area is 233 Å². The highest BCUT2D eigenvalue weighted by molar-refractivity contribution is 6.35. The van der Waals surface area contributed by atoms with E-state index < -0.39 is 12.1 Å². The lowest BCUT2D eigenvalue weighted by atomic mass is 9.72. The van der Waals surface area contributed by atoms with Crippen LogP contribution >= 0.6 is 11.6 Å². The number of hydrogen-bond donors (Lipinski definition) is 3. The molecule has 1 spiro atoms. The number of carbonyl (C=O) groups is 3. The molecule has 1 saturated carbocycles. The number of aromatic amines is 1. The minimum Gasteiger partial charge on any atom is -0.497 e. The molecule has 0 radical (unpaired) electrons. The molecule has 1 aromatic carbocycles. The maximum atomic E-state index is 13.9. The van der Waals surface area contributed by atoms with Crippen molar-refractivity contribution < 1.29 is 19.1 Å². The molecule has 1 aliphatic carbocycles. The Morgan fingerprint density at radius 1 is 1.23 bits per heavy atom. The summed E-state index contributed by atoms with van der Waals surface area (Å²) in [4.78, 5) is 44.8. The van der Waals surface area contributed by atoms with Gasteiger partial charge in [-0.3, -0.25) is 14.4 Å². The average Bonchev–Trinajstić information content (AvgIpc) is 3.56. The second kappa shape index (κ2) is 10.4. The van der Waals surface area contributed by atoms with Crippen LogP contribution in [0.2, 0.25) is 5.02 Å². The molecule has 3 atom stereocenters. The number of amides is 3. The van der Waals surface area contributed by atoms with E-state index in [-0.39, 0.29) is 41.0 Å². The van der Waals surface area contributed by atoms with Crippen LogP contribution in [0.5, 0.6) is 5.75 Å². The minimum absolute atomic E-state index is 0.0950. The first-order valence-corrected chi connectivity index (χ1v) is 14.1. The number of likely N-dealkylation sites (tertiary alicyclic amines) is 1. The fourth-order valence-electron chi connectivity index (χ4n) is 6.81. The Morgan fingerprint density at radius 2 is 1.97 bits per heavy atom. The van der Waals surface area contributed by atoms with Gasteiger partial charge in [0.1, 0.15) is 23.5 Å². The summed E-state index contributed by atoms with van der Waals surface area (Å²) in [6.07, 6.45) is 6.65. The first kappa shape index (κ1) is 27.3. The smallest absolute Gasteiger partial charge is 0.271 e. The van der Waals surface area contributed by atoms with E-state index >= 15 is 0 Å². The minimum atomic E-state index is -0.818. The van der Waals surface area contributed by atoms with Crippen LogP contribution in [-0.2, 0) is 9.59 Å². The zero-order valence-electron chi connectivity index (χ0n) is 22.7. The maximum absolute atomic E-state index is 13.9. The Kier molecular flexibility index (Phi) is 7.27. The van der Waals surface area contributed by atoms with Gasteiger partial charge in [-0.25, -0.2) is 0 Å². The van der Waals surface area contributed by atoms with Crippen LogP contribution in [0.15, 0.2) is 18.2 Å². The molecule has 3 aliphatic rings. The van der Waals surface area contributed by atoms with Gasteiger partial charge in [-0.05, 0) is 63.5 Å². The highest BCUT2D eigenvalue weighted by atomic mass is 35.5. The average molecular weight is 554 g/mol. The van der Waals surface area contributed by atoms with Gasteiger partial charge < -0.3 is 25.3 Å². The molecule has 3 N–H and O–H groups in total. The van der Waals surface area contributed by atoms with Gasteiger partial charge in [-0.15, -0.1) is 0 Å². The van der Waals surface area contributed by atoms with Gasteiger partial charge in [0, 0.05) is 29.5 Å². The molecule has 1 unspecified atom stereocenters. The van der Waals surface area contributed by atoms with Gasteiger partial charge in [0.2, 0.25) is 11.8 Å². The van der Waals surface area contributed by atoms with E-state index in [1.54, 1.807) is 24.1 Å². The Hall–Kier alpha value is -3.25. The third kappa shape index (κ3) is 5.44. The zero-order valence-corrected chi connectivity index (χ0v) is 23.5. The lowest BCUT2D eigenvalue weighted by molar-refractivity contribution is -0.126. The summed E-state index contributed by atoms with van der Waals surface area (Å²) in [5.74, 6) is -0.460. The number of aromatic nitrogens is 1. The molecule has 3 heterocycles. The van der Waals surface area contributed by atoms with E-state index in [0.29, 0.717) is 41.4 Å². The molecule has 39 heavy (non-hydrogen) atoms. The molecule has 2 aliphatic heterocycles. The van der Waals surface area contributed by atoms with Gasteiger partial charge in [0.05, 0.1) is 23.7 Å². The summed E-state index contributed by atoms with van der Waals surface area (Å²) >= 11 is 6.43. The molecule has 10 heteroatoms. The Balaban J connectivity index is 1.38. The van der Waals surface area contributed by atoms with Gasteiger partial charge >= 0.3 is 0 Å². The fraction of sp³-hybridized carbons (Fsp3) is 0.586. The number of fused-ring (bicyclic) bond motifs is 1. The van der Waals surface area contributed by atoms with Crippen LogP contribution in [0.3, 0.4) is 0 Å². The number of benzene rings is 1. The van der Waals surface area contributed by atoms with Crippen molar-refractivity contribution in [1.29, 1.82) is 5.26 Å². The number of ether oxygens (including phenoxy) is 1. The maximum Gasteiger partial charge on any atom is 0.271 e. The van der Waals surface area contributed by atoms with Gasteiger partial charge in [0.25, 0.3) is 5.91 Å². The monoisotopic (exact) mass is 553 g/mol. The molecule has 0 bridgehead atoms. The van der Waals surface area contributed by atoms with Crippen LogP contribution in [0.1, 0.15) is 75.7 Å². The van der Waals surface area contributed by atoms with Gasteiger partial charge in [-0.2, -0.15) is 5.26 Å². The third-order valence-corrected chi connectivity index (χ3v) is 8.99. The Bertz CT molecular complexity index is 1340. The summed E-state index contributed by atoms with van der Waals surface area (Å²) < 4.78 is 5.31. The van der Waals surface area contributed by atoms with Crippen molar-refractivity contribution in [3.05, 3.63) is 28.9 Å². The lowest BCUT2D eigenvalue weighted by Gasteiger charge is -2.32. The van der Waals surface area contributed by atoms with Crippen LogP contribution in [0.25, 0.3) is 10.9 Å². The predicted octanol–water partition coefficient (Wildman–Crippen LogP) is 4.31. The van der Waals surface area contributed by atoms with E-state index in [1.165, 1.54) is 0 Å². The first-order valence-electron chi connectivity index (χ1n) is 13.7. The predicted molar refractivity (Wildman–Crippen MR) is 147 cm³/mol. The standard InChI is InChI=1S/C29H36ClN5O4/c1-28(2)13-18(25(36)34-28)9-19(15-31)32-26(37)23-14-29(7-5-4-6-8-29)16-35(23)27(38)22-11-17-10-20(39-3)12-21(30)24(17)33-22/h10-12,18-19,23,33H,4-9,13-14,16H2,1-3H3,(H,32,37)(H,34,36)/t18-,19?,23+/m1/s1. The number of nitrogens with one attached hydrogen (secondary N) is 3. The largest absolute Gasteiger partial charge is 0.497 e. The van der Waals surface area contributed by atoms with E-state index in [0.717, 1.165) is 37.5 Å². The molecule has 3 fully saturated rings. The molecule has 2 aromatic rings. The number of nitriles is 1. The summed E-state index contributed by atoms with van der Waals surface area (Å²) in [5.41, 5.74) is 0.545. The first-order chi connectivity index (χ1) is 18.5. The van der Waals surface area contributed by atoms with Crippen LogP contribution in [0, 0.1) is 22.7 Å². The number of methoxy groups -OCH3 is 1. The van der Waals surface area contributed by atoms with Gasteiger partial charge in [0.15, 0.2) is 0 Å². The van der Waals surface area contributed by atoms with Gasteiger partial charge in [-0.1, -0.05) is 30.9 Å². The molecular formula is C29H36ClN5O4. The third-order valence-electron chi connectivity index (χ3n) is 8.69. The van der Waals surface area contributed by atoms with Crippen molar-refractivity contribution in [1.82, 2.24) is 20.5 Å². The van der Waals surface area contributed by atoms with E-state index in [2.05, 4.69) is 21.7 Å². The molecule has 3 amide bonds. The van der Waals surface area contributed by atoms with Crippen LogP contribution < -0.4 is 15.4 Å². The molecule has 208 valence electrons. The number of halogens is 1. The topological polar surface area (TPSA) is 127 Å². The highest BCUT2D eigenvalue weighted by Gasteiger charge is 2.49. The second-order valence-electron chi connectivity index (χ2n) is 12.2. The van der Waals surface area contributed by atoms with Crippen molar-refractivity contribution in [3.8, 4) is 11.8 Å². The number of hydrogen-bond acceptors (Lipinski definition) is 5. The summed E-state index contributed by atoms with van der Waals surface area (Å²) in [6.45, 7) is 4.39. The lowest BCUT2D eigenvalue weighted by Crippen LogP contribution is -2.49. The number of nitrogens with zero attached hydrogens (tertiary/aromatic N) is 2. The van der Waals surface area contributed by atoms with E-state index in [4.69, 9.17) is 16.3 Å². The Morgan fingerprint density at radius 3 is 2.62 bits per heavy atom. The van der Waals surface area contributed by atoms with Crippen LogP contribution in [-0.4, -0.2) is 58.9 Å². The van der Waals surface area contributed by atoms with E-state index in [9.17, 15) is 19.6 Å². The molecule has 5 rings (SSSR count). The van der Waals surface area contributed by atoms with Crippen molar-refractivity contribution in [2.75, 3.05) is 13.7 Å². The van der Waals surface area contributed by atoms with Crippen molar-refractivity contribution in [2.24, 2.45) is 11.3 Å². The number of carbonyl (C=O) groups excluding carboxylic acids is 3. The normalized spacial score (nSPS) is 24.4. The number of rotatable bonds is 6.